The van der Waals surface area contributed by atoms with E-state index in [0.29, 0.717) is 5.92 Å². The molecule has 130 valence electrons. The molecule has 1 aromatic carbocycles. The van der Waals surface area contributed by atoms with Gasteiger partial charge in [-0.3, -0.25) is 0 Å². The van der Waals surface area contributed by atoms with Crippen LogP contribution in [0.3, 0.4) is 0 Å². The lowest BCUT2D eigenvalue weighted by Crippen LogP contribution is -2.60. The van der Waals surface area contributed by atoms with E-state index in [2.05, 4.69) is 0 Å². The van der Waals surface area contributed by atoms with E-state index in [1.54, 1.807) is 7.11 Å². The van der Waals surface area contributed by atoms with Crippen LogP contribution in [0.1, 0.15) is 37.7 Å². The van der Waals surface area contributed by atoms with Crippen molar-refractivity contribution in [3.8, 4) is 5.75 Å². The second-order valence-corrected chi connectivity index (χ2v) is 9.31. The normalized spacial score (nSPS) is 46.4. The van der Waals surface area contributed by atoms with E-state index in [-0.39, 0.29) is 6.10 Å². The Balaban J connectivity index is 1.51. The number of hydrogen-bond acceptors (Lipinski definition) is 4. The lowest BCUT2D eigenvalue weighted by Gasteiger charge is -2.60. The first-order valence-electron chi connectivity index (χ1n) is 9.19. The van der Waals surface area contributed by atoms with E-state index in [4.69, 9.17) is 14.5 Å². The van der Waals surface area contributed by atoms with Gasteiger partial charge in [0.25, 0.3) is 0 Å². The van der Waals surface area contributed by atoms with Crippen LogP contribution in [0.25, 0.3) is 0 Å². The fourth-order valence-electron chi connectivity index (χ4n) is 6.33. The molecule has 5 aliphatic rings. The van der Waals surface area contributed by atoms with Crippen LogP contribution in [0.5, 0.6) is 5.75 Å². The topological polar surface area (TPSA) is 44.8 Å². The minimum absolute atomic E-state index is 0.0868. The summed E-state index contributed by atoms with van der Waals surface area (Å²) in [6.45, 7) is 0. The van der Waals surface area contributed by atoms with Gasteiger partial charge in [0.15, 0.2) is 0 Å². The quantitative estimate of drug-likeness (QED) is 0.609. The van der Waals surface area contributed by atoms with E-state index in [0.717, 1.165) is 35.0 Å². The summed E-state index contributed by atoms with van der Waals surface area (Å²) in [4.78, 5) is 11.3. The highest BCUT2D eigenvalue weighted by molar-refractivity contribution is 7.25. The van der Waals surface area contributed by atoms with Gasteiger partial charge in [-0.1, -0.05) is 18.2 Å². The average molecular weight is 348 g/mol. The van der Waals surface area contributed by atoms with Gasteiger partial charge in [0.05, 0.1) is 7.11 Å². The molecule has 0 N–H and O–H groups in total. The molecule has 5 fully saturated rings. The number of methoxy groups -OCH3 is 1. The lowest BCUT2D eigenvalue weighted by atomic mass is 9.50. The molecule has 1 heterocycles. The van der Waals surface area contributed by atoms with Crippen LogP contribution in [0.2, 0.25) is 0 Å². The van der Waals surface area contributed by atoms with Crippen LogP contribution in [0, 0.1) is 29.6 Å². The van der Waals surface area contributed by atoms with Crippen LogP contribution >= 0.6 is 8.46 Å². The molecule has 0 amide bonds. The van der Waals surface area contributed by atoms with Crippen LogP contribution in [0.4, 0.5) is 0 Å². The highest BCUT2D eigenvalue weighted by Crippen LogP contribution is 2.63. The summed E-state index contributed by atoms with van der Waals surface area (Å²) in [5.74, 6) is 4.51. The smallest absolute Gasteiger partial charge is 0.208 e. The predicted molar refractivity (Wildman–Crippen MR) is 91.6 cm³/mol. The van der Waals surface area contributed by atoms with Crippen LogP contribution in [-0.4, -0.2) is 13.2 Å². The van der Waals surface area contributed by atoms with Crippen molar-refractivity contribution in [3.63, 3.8) is 0 Å². The molecule has 6 rings (SSSR count). The summed E-state index contributed by atoms with van der Waals surface area (Å²) in [5.41, 5.74) is 0.891. The van der Waals surface area contributed by atoms with Crippen molar-refractivity contribution >= 4 is 8.46 Å². The number of rotatable bonds is 4. The van der Waals surface area contributed by atoms with Gasteiger partial charge < -0.3 is 9.30 Å². The van der Waals surface area contributed by atoms with Crippen molar-refractivity contribution in [1.29, 1.82) is 0 Å². The molecule has 4 saturated carbocycles. The van der Waals surface area contributed by atoms with Crippen molar-refractivity contribution < 1.29 is 19.1 Å². The molecule has 5 heteroatoms. The van der Waals surface area contributed by atoms with Gasteiger partial charge in [0.1, 0.15) is 20.3 Å². The third kappa shape index (κ3) is 2.03. The maximum absolute atomic E-state index is 12.4. The molecule has 1 saturated heterocycles. The molecule has 4 aliphatic carbocycles. The first-order valence-corrected chi connectivity index (χ1v) is 10.2. The molecule has 3 atom stereocenters. The molecule has 24 heavy (non-hydrogen) atoms. The van der Waals surface area contributed by atoms with Crippen LogP contribution < -0.4 is 4.74 Å². The second-order valence-electron chi connectivity index (χ2n) is 8.22. The van der Waals surface area contributed by atoms with Crippen LogP contribution in [0.15, 0.2) is 24.3 Å². The van der Waals surface area contributed by atoms with E-state index < -0.39 is 13.8 Å². The Bertz CT molecular complexity index is 635. The molecule has 4 bridgehead atoms. The predicted octanol–water partition coefficient (Wildman–Crippen LogP) is 4.01. The van der Waals surface area contributed by atoms with Gasteiger partial charge in [-0.25, -0.2) is 9.78 Å². The molecule has 0 radical (unpaired) electrons. The zero-order valence-electron chi connectivity index (χ0n) is 14.0. The Morgan fingerprint density at radius 1 is 1.08 bits per heavy atom. The largest absolute Gasteiger partial charge is 0.496 e. The maximum Gasteiger partial charge on any atom is 0.208 e. The van der Waals surface area contributed by atoms with E-state index >= 15 is 0 Å². The minimum Gasteiger partial charge on any atom is -0.496 e. The number of hydrogen-bond donors (Lipinski definition) is 0. The molecule has 3 unspecified atom stereocenters. The fourth-order valence-corrected chi connectivity index (χ4v) is 7.21. The summed E-state index contributed by atoms with van der Waals surface area (Å²) in [5, 5.41) is -0.799. The first kappa shape index (κ1) is 15.4. The second kappa shape index (κ2) is 5.59. The number of benzene rings is 1. The third-order valence-corrected chi connectivity index (χ3v) is 8.15. The average Bonchev–Trinajstić information content (AvgIpc) is 2.58. The van der Waals surface area contributed by atoms with E-state index in [1.807, 2.05) is 24.3 Å². The standard InChI is InChI=1S/C19H25O4P/c1-21-16-5-3-2-4-15(16)19(24-20)18(22-23-19)17-13-7-11-6-12(9-13)10-14(17)8-11/h2-5,11-14,17-18H,6-10,24H2,1H3. The molecule has 0 aromatic heterocycles. The summed E-state index contributed by atoms with van der Waals surface area (Å²) >= 11 is 0. The van der Waals surface area contributed by atoms with E-state index in [9.17, 15) is 4.57 Å². The van der Waals surface area contributed by atoms with Crippen molar-refractivity contribution in [3.05, 3.63) is 29.8 Å². The minimum atomic E-state index is -1.15. The van der Waals surface area contributed by atoms with Crippen molar-refractivity contribution in [1.82, 2.24) is 0 Å². The number of ether oxygens (including phenoxy) is 1. The summed E-state index contributed by atoms with van der Waals surface area (Å²) < 4.78 is 17.9. The first-order chi connectivity index (χ1) is 11.7. The Morgan fingerprint density at radius 2 is 1.75 bits per heavy atom. The Kier molecular flexibility index (Phi) is 3.59. The van der Waals surface area contributed by atoms with Gasteiger partial charge in [0, 0.05) is 5.56 Å². The van der Waals surface area contributed by atoms with Gasteiger partial charge in [-0.05, 0) is 67.8 Å². The highest BCUT2D eigenvalue weighted by atomic mass is 31.1. The van der Waals surface area contributed by atoms with Crippen molar-refractivity contribution in [2.75, 3.05) is 7.11 Å². The van der Waals surface area contributed by atoms with Gasteiger partial charge in [-0.2, -0.15) is 0 Å². The molecule has 0 spiro atoms. The van der Waals surface area contributed by atoms with Crippen molar-refractivity contribution in [2.45, 2.75) is 43.6 Å². The van der Waals surface area contributed by atoms with Crippen molar-refractivity contribution in [2.24, 2.45) is 29.6 Å². The highest BCUT2D eigenvalue weighted by Gasteiger charge is 2.63. The lowest BCUT2D eigenvalue weighted by molar-refractivity contribution is -0.505. The molecule has 1 aliphatic heterocycles. The summed E-state index contributed by atoms with van der Waals surface area (Å²) in [7, 11) is 0.503. The monoisotopic (exact) mass is 348 g/mol. The zero-order chi connectivity index (χ0) is 16.3. The Labute approximate surface area is 144 Å². The Morgan fingerprint density at radius 3 is 2.29 bits per heavy atom. The SMILES string of the molecule is COc1ccccc1C1([PH2]=O)OOC1C1C2CC3CC(C2)CC1C3. The zero-order valence-corrected chi connectivity index (χ0v) is 15.2. The number of para-hydroxylation sites is 1. The van der Waals surface area contributed by atoms with Gasteiger partial charge in [0.2, 0.25) is 5.34 Å². The molecular weight excluding hydrogens is 323 g/mol. The third-order valence-electron chi connectivity index (χ3n) is 7.06. The molecular formula is C19H25O4P. The maximum atomic E-state index is 12.4. The summed E-state index contributed by atoms with van der Waals surface area (Å²) in [6, 6.07) is 7.80. The molecule has 1 aromatic rings. The van der Waals surface area contributed by atoms with Crippen LogP contribution in [-0.2, 0) is 19.7 Å². The molecule has 4 nitrogen and oxygen atoms in total. The van der Waals surface area contributed by atoms with Gasteiger partial charge >= 0.3 is 0 Å². The van der Waals surface area contributed by atoms with E-state index in [1.165, 1.54) is 32.1 Å². The summed E-state index contributed by atoms with van der Waals surface area (Å²) in [6.07, 6.45) is 6.66. The fraction of sp³-hybridized carbons (Fsp3) is 0.684. The van der Waals surface area contributed by atoms with Gasteiger partial charge in [-0.15, -0.1) is 0 Å². The Hall–Kier alpha value is -0.830.